The molecule has 6 atom stereocenters. The van der Waals surface area contributed by atoms with Crippen LogP contribution in [0.2, 0.25) is 0 Å². The lowest BCUT2D eigenvalue weighted by Gasteiger charge is -2.50. The molecule has 0 saturated carbocycles. The minimum absolute atomic E-state index is 0.0678. The van der Waals surface area contributed by atoms with Gasteiger partial charge in [0.1, 0.15) is 0 Å². The van der Waals surface area contributed by atoms with E-state index in [4.69, 9.17) is 23.7 Å². The number of rotatable bonds is 7. The van der Waals surface area contributed by atoms with Crippen molar-refractivity contribution in [2.24, 2.45) is 11.8 Å². The van der Waals surface area contributed by atoms with Crippen LogP contribution in [0.15, 0.2) is 30.3 Å². The van der Waals surface area contributed by atoms with Crippen LogP contribution in [0, 0.1) is 22.0 Å². The highest BCUT2D eigenvalue weighted by molar-refractivity contribution is 5.80. The van der Waals surface area contributed by atoms with E-state index in [2.05, 4.69) is 0 Å². The van der Waals surface area contributed by atoms with E-state index in [0.29, 0.717) is 5.56 Å². The summed E-state index contributed by atoms with van der Waals surface area (Å²) in [6, 6.07) is 8.69. The number of ether oxygens (including phenoxy) is 5. The molecule has 2 saturated heterocycles. The monoisotopic (exact) mass is 437 g/mol. The van der Waals surface area contributed by atoms with Crippen LogP contribution >= 0.6 is 0 Å². The van der Waals surface area contributed by atoms with Crippen LogP contribution < -0.4 is 0 Å². The minimum Gasteiger partial charge on any atom is -0.465 e. The van der Waals surface area contributed by atoms with Gasteiger partial charge in [0.25, 0.3) is 5.79 Å². The predicted octanol–water partition coefficient (Wildman–Crippen LogP) is 1.89. The molecule has 2 aliphatic heterocycles. The van der Waals surface area contributed by atoms with Crippen LogP contribution in [0.5, 0.6) is 0 Å². The smallest absolute Gasteiger partial charge is 0.338 e. The van der Waals surface area contributed by atoms with Gasteiger partial charge in [0.15, 0.2) is 6.10 Å². The Morgan fingerprint density at radius 2 is 1.77 bits per heavy atom. The van der Waals surface area contributed by atoms with Crippen molar-refractivity contribution >= 4 is 11.9 Å². The number of methoxy groups -OCH3 is 2. The summed E-state index contributed by atoms with van der Waals surface area (Å²) in [6.07, 6.45) is -0.912. The maximum Gasteiger partial charge on any atom is 0.338 e. The fourth-order valence-electron chi connectivity index (χ4n) is 4.30. The highest BCUT2D eigenvalue weighted by Crippen LogP contribution is 2.44. The molecule has 10 heteroatoms. The van der Waals surface area contributed by atoms with E-state index in [9.17, 15) is 19.7 Å². The average Bonchev–Trinajstić information content (AvgIpc) is 2.75. The van der Waals surface area contributed by atoms with Gasteiger partial charge in [0.2, 0.25) is 12.3 Å². The van der Waals surface area contributed by atoms with Gasteiger partial charge in [-0.3, -0.25) is 14.9 Å². The van der Waals surface area contributed by atoms with Crippen LogP contribution in [0.4, 0.5) is 0 Å². The van der Waals surface area contributed by atoms with E-state index in [0.717, 1.165) is 0 Å². The zero-order valence-electron chi connectivity index (χ0n) is 17.9. The zero-order chi connectivity index (χ0) is 22.8. The third-order valence-electron chi connectivity index (χ3n) is 6.31. The molecule has 1 aromatic carbocycles. The van der Waals surface area contributed by atoms with E-state index in [1.807, 2.05) is 0 Å². The lowest BCUT2D eigenvalue weighted by molar-refractivity contribution is -0.485. The van der Waals surface area contributed by atoms with E-state index in [-0.39, 0.29) is 13.0 Å². The summed E-state index contributed by atoms with van der Waals surface area (Å²) in [6.45, 7) is 2.65. The molecule has 2 fully saturated rings. The van der Waals surface area contributed by atoms with Gasteiger partial charge in [0.05, 0.1) is 18.4 Å². The fraction of sp³-hybridized carbons (Fsp3) is 0.619. The Labute approximate surface area is 179 Å². The zero-order valence-corrected chi connectivity index (χ0v) is 17.9. The van der Waals surface area contributed by atoms with Crippen molar-refractivity contribution in [1.29, 1.82) is 0 Å². The fourth-order valence-corrected chi connectivity index (χ4v) is 4.30. The minimum atomic E-state index is -1.51. The molecule has 31 heavy (non-hydrogen) atoms. The third-order valence-corrected chi connectivity index (χ3v) is 6.31. The van der Waals surface area contributed by atoms with Crippen molar-refractivity contribution in [1.82, 2.24) is 0 Å². The van der Waals surface area contributed by atoms with Gasteiger partial charge in [-0.1, -0.05) is 30.3 Å². The van der Waals surface area contributed by atoms with Crippen LogP contribution in [-0.2, 0) is 33.3 Å². The average molecular weight is 437 g/mol. The van der Waals surface area contributed by atoms with Gasteiger partial charge < -0.3 is 23.7 Å². The SMILES string of the molecule is CO[C@]1(C)OC(=O)[C@H]([C@@H]2CCOC(=O)[C@H]2[C@@H](C[N+](=O)[O-])c2ccccc2)O[C@@]1(C)OC. The first-order chi connectivity index (χ1) is 14.7. The molecule has 0 radical (unpaired) electrons. The van der Waals surface area contributed by atoms with Crippen molar-refractivity contribution in [2.75, 3.05) is 27.4 Å². The molecule has 3 rings (SSSR count). The van der Waals surface area contributed by atoms with Crippen LogP contribution in [0.3, 0.4) is 0 Å². The molecule has 0 bridgehead atoms. The van der Waals surface area contributed by atoms with Gasteiger partial charge in [-0.05, 0) is 18.9 Å². The number of hydrogen-bond donors (Lipinski definition) is 0. The van der Waals surface area contributed by atoms with E-state index < -0.39 is 58.8 Å². The Kier molecular flexibility index (Phi) is 6.63. The molecular weight excluding hydrogens is 410 g/mol. The van der Waals surface area contributed by atoms with Gasteiger partial charge in [-0.25, -0.2) is 4.79 Å². The summed E-state index contributed by atoms with van der Waals surface area (Å²) in [7, 11) is 2.75. The largest absolute Gasteiger partial charge is 0.465 e. The molecule has 10 nitrogen and oxygen atoms in total. The topological polar surface area (TPSA) is 123 Å². The molecule has 0 aliphatic carbocycles. The Hall–Kier alpha value is -2.56. The summed E-state index contributed by atoms with van der Waals surface area (Å²) in [5, 5.41) is 11.4. The van der Waals surface area contributed by atoms with E-state index in [1.165, 1.54) is 21.1 Å². The Balaban J connectivity index is 2.00. The van der Waals surface area contributed by atoms with Crippen molar-refractivity contribution in [3.63, 3.8) is 0 Å². The van der Waals surface area contributed by atoms with Crippen LogP contribution in [0.25, 0.3) is 0 Å². The first kappa shape index (κ1) is 23.1. The van der Waals surface area contributed by atoms with Crippen molar-refractivity contribution in [3.8, 4) is 0 Å². The molecule has 0 unspecified atom stereocenters. The number of nitro groups is 1. The number of hydrogen-bond acceptors (Lipinski definition) is 9. The molecule has 1 aromatic rings. The second kappa shape index (κ2) is 8.89. The van der Waals surface area contributed by atoms with Crippen molar-refractivity contribution in [3.05, 3.63) is 46.0 Å². The number of cyclic esters (lactones) is 2. The lowest BCUT2D eigenvalue weighted by atomic mass is 9.72. The summed E-state index contributed by atoms with van der Waals surface area (Å²) in [5.74, 6) is -6.81. The molecule has 0 N–H and O–H groups in total. The van der Waals surface area contributed by atoms with Gasteiger partial charge >= 0.3 is 11.9 Å². The highest BCUT2D eigenvalue weighted by Gasteiger charge is 2.61. The number of carbonyl (C=O) groups is 2. The first-order valence-electron chi connectivity index (χ1n) is 10.00. The van der Waals surface area contributed by atoms with E-state index in [1.54, 1.807) is 37.3 Å². The highest BCUT2D eigenvalue weighted by atomic mass is 16.8. The molecular formula is C21H27NO9. The molecule has 0 aromatic heterocycles. The standard InChI is InChI=1S/C21H27NO9/c1-20(27-3)21(2,28-4)31-19(24)17(30-20)14-10-11-29-18(23)16(14)15(12-22(25)26)13-8-6-5-7-9-13/h5-9,14-17H,10-12H2,1-4H3/t14-,15+,16-,17+,20-,21-/m1/s1. The molecule has 2 aliphatic rings. The molecule has 170 valence electrons. The van der Waals surface area contributed by atoms with Gasteiger partial charge in [0, 0.05) is 32.0 Å². The first-order valence-corrected chi connectivity index (χ1v) is 10.00. The van der Waals surface area contributed by atoms with E-state index >= 15 is 0 Å². The Morgan fingerprint density at radius 1 is 1.13 bits per heavy atom. The number of benzene rings is 1. The quantitative estimate of drug-likeness (QED) is 0.357. The summed E-state index contributed by atoms with van der Waals surface area (Å²) >= 11 is 0. The van der Waals surface area contributed by atoms with Crippen LogP contribution in [0.1, 0.15) is 31.7 Å². The second-order valence-electron chi connectivity index (χ2n) is 7.94. The Bertz CT molecular complexity index is 831. The van der Waals surface area contributed by atoms with Crippen molar-refractivity contribution < 1.29 is 38.2 Å². The number of nitrogens with zero attached hydrogens (tertiary/aromatic N) is 1. The molecule has 0 spiro atoms. The van der Waals surface area contributed by atoms with Gasteiger partial charge in [-0.2, -0.15) is 0 Å². The Morgan fingerprint density at radius 3 is 2.35 bits per heavy atom. The maximum absolute atomic E-state index is 12.9. The normalized spacial score (nSPS) is 34.5. The predicted molar refractivity (Wildman–Crippen MR) is 105 cm³/mol. The summed E-state index contributed by atoms with van der Waals surface area (Å²) in [5.41, 5.74) is 0.605. The summed E-state index contributed by atoms with van der Waals surface area (Å²) < 4.78 is 27.7. The molecule has 0 amide bonds. The number of carbonyl (C=O) groups excluding carboxylic acids is 2. The maximum atomic E-state index is 12.9. The van der Waals surface area contributed by atoms with Gasteiger partial charge in [-0.15, -0.1) is 0 Å². The second-order valence-corrected chi connectivity index (χ2v) is 7.94. The van der Waals surface area contributed by atoms with Crippen molar-refractivity contribution in [2.45, 2.75) is 43.9 Å². The van der Waals surface area contributed by atoms with Crippen LogP contribution in [-0.4, -0.2) is 61.9 Å². The number of esters is 2. The lowest BCUT2D eigenvalue weighted by Crippen LogP contribution is -2.66. The summed E-state index contributed by atoms with van der Waals surface area (Å²) in [4.78, 5) is 36.8. The third kappa shape index (κ3) is 4.28. The molecule has 2 heterocycles.